The zero-order valence-electron chi connectivity index (χ0n) is 15.1. The van der Waals surface area contributed by atoms with Gasteiger partial charge in [-0.05, 0) is 61.0 Å². The van der Waals surface area contributed by atoms with Crippen LogP contribution in [0, 0.1) is 12.7 Å². The van der Waals surface area contributed by atoms with Gasteiger partial charge < -0.3 is 9.51 Å². The van der Waals surface area contributed by atoms with Crippen LogP contribution in [-0.2, 0) is 0 Å². The molecule has 0 unspecified atom stereocenters. The standard InChI is InChI=1S/C23H17FN2O2/c1-15-20(14-25-18-5-4-6-19(27)13-18)21-7-2-3-12-26(21)22(15)23(28)16-8-10-17(24)11-9-16/h2-14,27H,1H3. The summed E-state index contributed by atoms with van der Waals surface area (Å²) in [6.45, 7) is 1.87. The highest BCUT2D eigenvalue weighted by Crippen LogP contribution is 2.26. The van der Waals surface area contributed by atoms with Crippen molar-refractivity contribution in [2.45, 2.75) is 6.92 Å². The average Bonchev–Trinajstić information content (AvgIpc) is 2.98. The van der Waals surface area contributed by atoms with Crippen LogP contribution < -0.4 is 0 Å². The minimum Gasteiger partial charge on any atom is -0.508 e. The monoisotopic (exact) mass is 372 g/mol. The Balaban J connectivity index is 1.84. The maximum atomic E-state index is 13.2. The Morgan fingerprint density at radius 2 is 1.86 bits per heavy atom. The van der Waals surface area contributed by atoms with Crippen molar-refractivity contribution in [1.82, 2.24) is 4.40 Å². The number of ketones is 1. The summed E-state index contributed by atoms with van der Waals surface area (Å²) in [4.78, 5) is 17.5. The van der Waals surface area contributed by atoms with E-state index in [1.807, 2.05) is 35.7 Å². The molecule has 0 saturated carbocycles. The Bertz CT molecular complexity index is 1210. The summed E-state index contributed by atoms with van der Waals surface area (Å²) in [6, 6.07) is 17.8. The van der Waals surface area contributed by atoms with Crippen molar-refractivity contribution in [2.24, 2.45) is 4.99 Å². The molecule has 0 spiro atoms. The highest BCUT2D eigenvalue weighted by molar-refractivity contribution is 6.12. The number of fused-ring (bicyclic) bond motifs is 1. The van der Waals surface area contributed by atoms with Crippen molar-refractivity contribution < 1.29 is 14.3 Å². The molecular formula is C23H17FN2O2. The molecule has 2 aromatic heterocycles. The van der Waals surface area contributed by atoms with Crippen molar-refractivity contribution in [1.29, 1.82) is 0 Å². The molecule has 4 rings (SSSR count). The van der Waals surface area contributed by atoms with E-state index in [9.17, 15) is 14.3 Å². The summed E-state index contributed by atoms with van der Waals surface area (Å²) in [5.74, 6) is -0.428. The Morgan fingerprint density at radius 3 is 2.61 bits per heavy atom. The number of phenols is 1. The Labute approximate surface area is 161 Å². The normalized spacial score (nSPS) is 11.4. The van der Waals surface area contributed by atoms with Gasteiger partial charge in [0.15, 0.2) is 0 Å². The zero-order valence-corrected chi connectivity index (χ0v) is 15.1. The lowest BCUT2D eigenvalue weighted by molar-refractivity contribution is 0.103. The first-order chi connectivity index (χ1) is 13.5. The van der Waals surface area contributed by atoms with Gasteiger partial charge in [-0.1, -0.05) is 12.1 Å². The number of hydrogen-bond donors (Lipinski definition) is 1. The van der Waals surface area contributed by atoms with Gasteiger partial charge in [0.05, 0.1) is 16.9 Å². The third-order valence-electron chi connectivity index (χ3n) is 4.63. The van der Waals surface area contributed by atoms with Crippen LogP contribution >= 0.6 is 0 Å². The fourth-order valence-corrected chi connectivity index (χ4v) is 3.25. The van der Waals surface area contributed by atoms with Gasteiger partial charge in [-0.15, -0.1) is 0 Å². The number of halogens is 1. The van der Waals surface area contributed by atoms with Crippen molar-refractivity contribution in [3.63, 3.8) is 0 Å². The van der Waals surface area contributed by atoms with Crippen LogP contribution in [0.4, 0.5) is 10.1 Å². The molecule has 138 valence electrons. The van der Waals surface area contributed by atoms with Gasteiger partial charge in [-0.2, -0.15) is 0 Å². The molecule has 0 saturated heterocycles. The second kappa shape index (κ2) is 7.12. The summed E-state index contributed by atoms with van der Waals surface area (Å²) < 4.78 is 15.1. The number of aromatic nitrogens is 1. The van der Waals surface area contributed by atoms with Crippen LogP contribution in [0.5, 0.6) is 5.75 Å². The quantitative estimate of drug-likeness (QED) is 0.401. The van der Waals surface area contributed by atoms with E-state index in [4.69, 9.17) is 0 Å². The first-order valence-electron chi connectivity index (χ1n) is 8.77. The first kappa shape index (κ1) is 17.7. The van der Waals surface area contributed by atoms with E-state index in [0.29, 0.717) is 16.9 Å². The molecule has 0 aliphatic carbocycles. The Kier molecular flexibility index (Phi) is 4.49. The number of aliphatic imine (C=N–C) groups is 1. The van der Waals surface area contributed by atoms with Crippen LogP contribution in [0.2, 0.25) is 0 Å². The fraction of sp³-hybridized carbons (Fsp3) is 0.0435. The third-order valence-corrected chi connectivity index (χ3v) is 4.63. The summed E-state index contributed by atoms with van der Waals surface area (Å²) in [5, 5.41) is 9.61. The minimum atomic E-state index is -0.382. The Morgan fingerprint density at radius 1 is 1.07 bits per heavy atom. The smallest absolute Gasteiger partial charge is 0.210 e. The van der Waals surface area contributed by atoms with E-state index in [1.165, 1.54) is 24.3 Å². The molecule has 0 radical (unpaired) electrons. The Hall–Kier alpha value is -3.73. The van der Waals surface area contributed by atoms with Gasteiger partial charge in [-0.25, -0.2) is 4.39 Å². The van der Waals surface area contributed by atoms with Gasteiger partial charge >= 0.3 is 0 Å². The fourth-order valence-electron chi connectivity index (χ4n) is 3.25. The second-order valence-electron chi connectivity index (χ2n) is 6.46. The van der Waals surface area contributed by atoms with Crippen LogP contribution in [0.3, 0.4) is 0 Å². The second-order valence-corrected chi connectivity index (χ2v) is 6.46. The molecule has 0 fully saturated rings. The van der Waals surface area contributed by atoms with Gasteiger partial charge in [0, 0.05) is 29.6 Å². The molecule has 4 nitrogen and oxygen atoms in total. The highest BCUT2D eigenvalue weighted by atomic mass is 19.1. The number of nitrogens with zero attached hydrogens (tertiary/aromatic N) is 2. The molecular weight excluding hydrogens is 355 g/mol. The molecule has 4 aromatic rings. The number of benzene rings is 2. The lowest BCUT2D eigenvalue weighted by Crippen LogP contribution is -2.07. The molecule has 2 aromatic carbocycles. The van der Waals surface area contributed by atoms with Crippen LogP contribution in [0.15, 0.2) is 77.9 Å². The van der Waals surface area contributed by atoms with Gasteiger partial charge in [0.1, 0.15) is 11.6 Å². The van der Waals surface area contributed by atoms with Crippen LogP contribution in [0.25, 0.3) is 5.52 Å². The van der Waals surface area contributed by atoms with E-state index in [2.05, 4.69) is 4.99 Å². The number of phenolic OH excluding ortho intramolecular Hbond substituents is 1. The van der Waals surface area contributed by atoms with Crippen LogP contribution in [0.1, 0.15) is 27.2 Å². The molecule has 0 aliphatic rings. The van der Waals surface area contributed by atoms with E-state index in [-0.39, 0.29) is 17.3 Å². The molecule has 28 heavy (non-hydrogen) atoms. The topological polar surface area (TPSA) is 54.1 Å². The van der Waals surface area contributed by atoms with Crippen molar-refractivity contribution >= 4 is 23.2 Å². The van der Waals surface area contributed by atoms with Gasteiger partial charge in [0.25, 0.3) is 0 Å². The molecule has 0 bridgehead atoms. The SMILES string of the molecule is Cc1c(C=Nc2cccc(O)c2)c2ccccn2c1C(=O)c1ccc(F)cc1. The van der Waals surface area contributed by atoms with Crippen molar-refractivity contribution in [3.05, 3.63) is 101 Å². The number of carbonyl (C=O) groups excluding carboxylic acids is 1. The molecule has 2 heterocycles. The van der Waals surface area contributed by atoms with E-state index in [0.717, 1.165) is 16.6 Å². The maximum Gasteiger partial charge on any atom is 0.210 e. The molecule has 0 atom stereocenters. The summed E-state index contributed by atoms with van der Waals surface area (Å²) in [6.07, 6.45) is 3.52. The van der Waals surface area contributed by atoms with E-state index in [1.54, 1.807) is 30.5 Å². The minimum absolute atomic E-state index is 0.139. The zero-order chi connectivity index (χ0) is 19.7. The molecule has 1 N–H and O–H groups in total. The summed E-state index contributed by atoms with van der Waals surface area (Å²) >= 11 is 0. The van der Waals surface area contributed by atoms with Crippen molar-refractivity contribution in [3.8, 4) is 5.75 Å². The number of carbonyl (C=O) groups is 1. The molecule has 0 aliphatic heterocycles. The third kappa shape index (κ3) is 3.18. The molecule has 5 heteroatoms. The lowest BCUT2D eigenvalue weighted by Gasteiger charge is -2.04. The van der Waals surface area contributed by atoms with Gasteiger partial charge in [-0.3, -0.25) is 9.79 Å². The predicted molar refractivity (Wildman–Crippen MR) is 107 cm³/mol. The summed E-state index contributed by atoms with van der Waals surface area (Å²) in [7, 11) is 0. The van der Waals surface area contributed by atoms with Gasteiger partial charge in [0.2, 0.25) is 5.78 Å². The number of aromatic hydroxyl groups is 1. The van der Waals surface area contributed by atoms with E-state index >= 15 is 0 Å². The van der Waals surface area contributed by atoms with Crippen molar-refractivity contribution in [2.75, 3.05) is 0 Å². The van der Waals surface area contributed by atoms with E-state index < -0.39 is 0 Å². The number of pyridine rings is 1. The molecule has 0 amide bonds. The average molecular weight is 372 g/mol. The predicted octanol–water partition coefficient (Wildman–Crippen LogP) is 5.07. The number of hydrogen-bond acceptors (Lipinski definition) is 3. The number of rotatable bonds is 4. The largest absolute Gasteiger partial charge is 0.508 e. The first-order valence-corrected chi connectivity index (χ1v) is 8.77. The lowest BCUT2D eigenvalue weighted by atomic mass is 10.0. The highest BCUT2D eigenvalue weighted by Gasteiger charge is 2.20. The summed E-state index contributed by atoms with van der Waals surface area (Å²) in [5.41, 5.74) is 3.98. The van der Waals surface area contributed by atoms with Crippen LogP contribution in [-0.4, -0.2) is 21.5 Å². The maximum absolute atomic E-state index is 13.2.